The van der Waals surface area contributed by atoms with Crippen LogP contribution in [-0.2, 0) is 0 Å². The lowest BCUT2D eigenvalue weighted by atomic mass is 10.0. The van der Waals surface area contributed by atoms with Crippen LogP contribution in [-0.4, -0.2) is 46.2 Å². The van der Waals surface area contributed by atoms with Crippen LogP contribution in [0.15, 0.2) is 41.2 Å². The molecule has 12 heteroatoms. The third kappa shape index (κ3) is 4.66. The van der Waals surface area contributed by atoms with Crippen molar-refractivity contribution in [2.75, 3.05) is 23.3 Å². The van der Waals surface area contributed by atoms with Crippen molar-refractivity contribution in [2.24, 2.45) is 0 Å². The van der Waals surface area contributed by atoms with Crippen LogP contribution < -0.4 is 15.5 Å². The number of hydrogen-bond acceptors (Lipinski definition) is 7. The van der Waals surface area contributed by atoms with E-state index in [1.54, 1.807) is 6.20 Å². The third-order valence-electron chi connectivity index (χ3n) is 5.69. The minimum absolute atomic E-state index is 0.0214. The maximum atomic E-state index is 14.2. The highest BCUT2D eigenvalue weighted by molar-refractivity contribution is 7.16. The largest absolute Gasteiger partial charge is 0.465 e. The number of hydrogen-bond donors (Lipinski definition) is 3. The predicted octanol–water partition coefficient (Wildman–Crippen LogP) is 5.19. The topological polar surface area (TPSA) is 107 Å². The molecule has 5 rings (SSSR count). The Bertz CT molecular complexity index is 1400. The number of benzene rings is 1. The van der Waals surface area contributed by atoms with Crippen molar-refractivity contribution < 1.29 is 23.5 Å². The van der Waals surface area contributed by atoms with Crippen LogP contribution in [0.25, 0.3) is 20.8 Å². The number of thiazole rings is 1. The Kier molecular flexibility index (Phi) is 6.31. The summed E-state index contributed by atoms with van der Waals surface area (Å²) in [5.41, 5.74) is 0.942. The number of halogens is 2. The maximum absolute atomic E-state index is 14.2. The molecule has 0 aliphatic carbocycles. The van der Waals surface area contributed by atoms with Crippen molar-refractivity contribution in [3.05, 3.63) is 58.6 Å². The molecule has 0 saturated carbocycles. The molecule has 8 nitrogen and oxygen atoms in total. The molecule has 3 aromatic heterocycles. The molecule has 1 atom stereocenters. The number of thiophene rings is 1. The Morgan fingerprint density at radius 1 is 1.17 bits per heavy atom. The molecule has 1 aliphatic rings. The van der Waals surface area contributed by atoms with Crippen molar-refractivity contribution in [3.63, 3.8) is 0 Å². The van der Waals surface area contributed by atoms with Crippen molar-refractivity contribution in [1.29, 1.82) is 0 Å². The Hall–Kier alpha value is -3.64. The van der Waals surface area contributed by atoms with Gasteiger partial charge in [-0.1, -0.05) is 6.07 Å². The van der Waals surface area contributed by atoms with Gasteiger partial charge in [0.25, 0.3) is 5.91 Å². The lowest BCUT2D eigenvalue weighted by Gasteiger charge is -2.35. The average molecular weight is 516 g/mol. The number of carbonyl (C=O) groups excluding carboxylic acids is 1. The number of amides is 2. The normalized spacial score (nSPS) is 15.8. The second-order valence-electron chi connectivity index (χ2n) is 7.98. The Balaban J connectivity index is 1.45. The number of carboxylic acid groups (broad SMARTS) is 1. The summed E-state index contributed by atoms with van der Waals surface area (Å²) in [6.07, 6.45) is 1.97. The predicted molar refractivity (Wildman–Crippen MR) is 131 cm³/mol. The molecular formula is C23H19F2N5O3S2. The second kappa shape index (κ2) is 9.55. The van der Waals surface area contributed by atoms with Crippen molar-refractivity contribution in [3.8, 4) is 10.6 Å². The summed E-state index contributed by atoms with van der Waals surface area (Å²) in [5, 5.41) is 18.8. The highest BCUT2D eigenvalue weighted by Crippen LogP contribution is 2.37. The summed E-state index contributed by atoms with van der Waals surface area (Å²) in [4.78, 5) is 35.6. The Morgan fingerprint density at radius 3 is 2.74 bits per heavy atom. The van der Waals surface area contributed by atoms with Crippen LogP contribution in [0.5, 0.6) is 0 Å². The molecular weight excluding hydrogens is 496 g/mol. The number of nitrogens with zero attached hydrogens (tertiary/aromatic N) is 3. The molecule has 1 saturated heterocycles. The number of carbonyl (C=O) groups is 2. The summed E-state index contributed by atoms with van der Waals surface area (Å²) < 4.78 is 28.3. The van der Waals surface area contributed by atoms with Crippen molar-refractivity contribution >= 4 is 56.3 Å². The zero-order valence-corrected chi connectivity index (χ0v) is 19.8. The van der Waals surface area contributed by atoms with Crippen LogP contribution in [0, 0.1) is 11.6 Å². The molecule has 0 radical (unpaired) electrons. The van der Waals surface area contributed by atoms with Gasteiger partial charge in [-0.05, 0) is 36.4 Å². The third-order valence-corrected chi connectivity index (χ3v) is 7.37. The Labute approximate surface area is 206 Å². The number of aromatic nitrogens is 2. The quantitative estimate of drug-likeness (QED) is 0.338. The second-order valence-corrected chi connectivity index (χ2v) is 9.74. The average Bonchev–Trinajstić information content (AvgIpc) is 3.48. The fourth-order valence-electron chi connectivity index (χ4n) is 4.20. The fourth-order valence-corrected chi connectivity index (χ4v) is 5.78. The minimum Gasteiger partial charge on any atom is -0.465 e. The van der Waals surface area contributed by atoms with Crippen LogP contribution >= 0.6 is 22.7 Å². The van der Waals surface area contributed by atoms with Gasteiger partial charge in [-0.15, -0.1) is 22.7 Å². The molecule has 1 fully saturated rings. The summed E-state index contributed by atoms with van der Waals surface area (Å²) in [5.74, 6) is -2.05. The molecule has 1 aromatic carbocycles. The van der Waals surface area contributed by atoms with Gasteiger partial charge in [0.15, 0.2) is 0 Å². The van der Waals surface area contributed by atoms with Crippen LogP contribution in [0.1, 0.15) is 23.3 Å². The van der Waals surface area contributed by atoms with Gasteiger partial charge < -0.3 is 20.6 Å². The highest BCUT2D eigenvalue weighted by Gasteiger charge is 2.26. The zero-order chi connectivity index (χ0) is 24.5. The lowest BCUT2D eigenvalue weighted by molar-refractivity contribution is 0.102. The SMILES string of the molecule is O=C(O)N[C@H]1CCCN(c2c(NC(=O)c3csc(-c4c(F)cccc4F)n3)cnc3sccc23)C1. The van der Waals surface area contributed by atoms with Gasteiger partial charge in [-0.3, -0.25) is 4.79 Å². The molecule has 0 spiro atoms. The van der Waals surface area contributed by atoms with Gasteiger partial charge in [-0.25, -0.2) is 23.5 Å². The lowest BCUT2D eigenvalue weighted by Crippen LogP contribution is -2.47. The smallest absolute Gasteiger partial charge is 0.404 e. The zero-order valence-electron chi connectivity index (χ0n) is 18.1. The first-order chi connectivity index (χ1) is 16.9. The highest BCUT2D eigenvalue weighted by atomic mass is 32.1. The van der Waals surface area contributed by atoms with Gasteiger partial charge in [0, 0.05) is 29.9 Å². The summed E-state index contributed by atoms with van der Waals surface area (Å²) in [6, 6.07) is 5.20. The van der Waals surface area contributed by atoms with E-state index in [4.69, 9.17) is 5.11 Å². The first-order valence-corrected chi connectivity index (χ1v) is 12.5. The van der Waals surface area contributed by atoms with E-state index in [0.29, 0.717) is 18.8 Å². The van der Waals surface area contributed by atoms with Crippen LogP contribution in [0.2, 0.25) is 0 Å². The van der Waals surface area contributed by atoms with Crippen LogP contribution in [0.3, 0.4) is 0 Å². The molecule has 35 heavy (non-hydrogen) atoms. The molecule has 1 aliphatic heterocycles. The molecule has 180 valence electrons. The summed E-state index contributed by atoms with van der Waals surface area (Å²) >= 11 is 2.43. The number of fused-ring (bicyclic) bond motifs is 1. The maximum Gasteiger partial charge on any atom is 0.404 e. The van der Waals surface area contributed by atoms with E-state index in [9.17, 15) is 18.4 Å². The van der Waals surface area contributed by atoms with Crippen molar-refractivity contribution in [1.82, 2.24) is 15.3 Å². The molecule has 2 amide bonds. The molecule has 3 N–H and O–H groups in total. The Morgan fingerprint density at radius 2 is 1.97 bits per heavy atom. The summed E-state index contributed by atoms with van der Waals surface area (Å²) in [6.45, 7) is 1.13. The van der Waals surface area contributed by atoms with Gasteiger partial charge in [0.05, 0.1) is 23.1 Å². The van der Waals surface area contributed by atoms with Crippen molar-refractivity contribution in [2.45, 2.75) is 18.9 Å². The number of piperidine rings is 1. The van der Waals surface area contributed by atoms with Gasteiger partial charge >= 0.3 is 6.09 Å². The first kappa shape index (κ1) is 23.1. The van der Waals surface area contributed by atoms with Gasteiger partial charge in [0.2, 0.25) is 0 Å². The van der Waals surface area contributed by atoms with E-state index in [1.807, 2.05) is 16.3 Å². The van der Waals surface area contributed by atoms with E-state index in [1.165, 1.54) is 22.8 Å². The fraction of sp³-hybridized carbons (Fsp3) is 0.217. The number of pyridine rings is 1. The standard InChI is InChI=1S/C23H19F2N5O3S2/c24-14-4-1-5-15(25)18(14)22-29-17(11-35-22)20(31)28-16-9-26-21-13(6-8-34-21)19(16)30-7-2-3-12(10-30)27-23(32)33/h1,4-6,8-9,11-12,27H,2-3,7,10H2,(H,28,31)(H,32,33)/t12-/m0/s1. The van der Waals surface area contributed by atoms with E-state index in [2.05, 4.69) is 20.6 Å². The van der Waals surface area contributed by atoms with E-state index < -0.39 is 23.6 Å². The number of rotatable bonds is 5. The van der Waals surface area contributed by atoms with E-state index >= 15 is 0 Å². The molecule has 4 heterocycles. The van der Waals surface area contributed by atoms with E-state index in [-0.39, 0.29) is 22.3 Å². The van der Waals surface area contributed by atoms with Crippen LogP contribution in [0.4, 0.5) is 25.0 Å². The van der Waals surface area contributed by atoms with Gasteiger partial charge in [-0.2, -0.15) is 0 Å². The minimum atomic E-state index is -1.08. The monoisotopic (exact) mass is 515 g/mol. The molecule has 0 bridgehead atoms. The van der Waals surface area contributed by atoms with Gasteiger partial charge in [0.1, 0.15) is 27.2 Å². The summed E-state index contributed by atoms with van der Waals surface area (Å²) in [7, 11) is 0. The first-order valence-electron chi connectivity index (χ1n) is 10.7. The number of nitrogens with one attached hydrogen (secondary N) is 2. The molecule has 4 aromatic rings. The number of anilines is 2. The molecule has 0 unspecified atom stereocenters. The van der Waals surface area contributed by atoms with E-state index in [0.717, 1.165) is 52.2 Å².